The number of rotatable bonds is 6. The topological polar surface area (TPSA) is 46.9 Å². The summed E-state index contributed by atoms with van der Waals surface area (Å²) in [4.78, 5) is 12.8. The predicted octanol–water partition coefficient (Wildman–Crippen LogP) is 3.31. The highest BCUT2D eigenvalue weighted by molar-refractivity contribution is 7.10. The first-order valence-corrected chi connectivity index (χ1v) is 8.27. The average molecular weight is 323 g/mol. The number of hydrogen-bond acceptors (Lipinski definition) is 3. The van der Waals surface area contributed by atoms with Crippen molar-refractivity contribution in [2.45, 2.75) is 6.42 Å². The van der Waals surface area contributed by atoms with Gasteiger partial charge >= 0.3 is 0 Å². The summed E-state index contributed by atoms with van der Waals surface area (Å²) in [6.45, 7) is 0.591. The Labute approximate surface area is 139 Å². The molecule has 0 aliphatic rings. The number of nitrogens with zero attached hydrogens (tertiary/aromatic N) is 2. The number of para-hydroxylation sites is 1. The van der Waals surface area contributed by atoms with E-state index in [1.807, 2.05) is 71.0 Å². The summed E-state index contributed by atoms with van der Waals surface area (Å²) in [7, 11) is 0. The van der Waals surface area contributed by atoms with E-state index in [4.69, 9.17) is 0 Å². The fourth-order valence-electron chi connectivity index (χ4n) is 2.14. The van der Waals surface area contributed by atoms with Gasteiger partial charge in [0.25, 0.3) is 0 Å². The van der Waals surface area contributed by atoms with Gasteiger partial charge in [-0.2, -0.15) is 5.10 Å². The van der Waals surface area contributed by atoms with Gasteiger partial charge in [-0.15, -0.1) is 11.3 Å². The molecule has 0 aliphatic carbocycles. The maximum Gasteiger partial charge on any atom is 0.244 e. The third-order valence-corrected chi connectivity index (χ3v) is 4.15. The highest BCUT2D eigenvalue weighted by Gasteiger charge is 2.01. The average Bonchev–Trinajstić information content (AvgIpc) is 3.26. The second-order valence-electron chi connectivity index (χ2n) is 5.02. The maximum atomic E-state index is 11.7. The molecule has 0 bridgehead atoms. The van der Waals surface area contributed by atoms with Crippen LogP contribution in [0, 0.1) is 0 Å². The first-order chi connectivity index (χ1) is 11.3. The standard InChI is InChI=1S/C18H17N3OS/c22-18(9-8-17-7-4-12-23-17)19-11-10-15-13-20-21(14-15)16-5-2-1-3-6-16/h1-9,12-14H,10-11H2,(H,19,22)/b9-8+. The molecule has 3 rings (SSSR count). The first-order valence-electron chi connectivity index (χ1n) is 7.40. The van der Waals surface area contributed by atoms with Crippen LogP contribution in [0.5, 0.6) is 0 Å². The van der Waals surface area contributed by atoms with Gasteiger partial charge in [0.2, 0.25) is 5.91 Å². The Morgan fingerprint density at radius 1 is 1.22 bits per heavy atom. The molecule has 0 atom stereocenters. The molecule has 1 N–H and O–H groups in total. The summed E-state index contributed by atoms with van der Waals surface area (Å²) in [6.07, 6.45) is 7.97. The zero-order valence-corrected chi connectivity index (χ0v) is 13.4. The van der Waals surface area contributed by atoms with Gasteiger partial charge in [0.15, 0.2) is 0 Å². The van der Waals surface area contributed by atoms with Crippen molar-refractivity contribution in [2.24, 2.45) is 0 Å². The van der Waals surface area contributed by atoms with Crippen LogP contribution in [-0.2, 0) is 11.2 Å². The second-order valence-corrected chi connectivity index (χ2v) is 6.00. The van der Waals surface area contributed by atoms with Crippen LogP contribution in [0.3, 0.4) is 0 Å². The van der Waals surface area contributed by atoms with Crippen LogP contribution in [0.25, 0.3) is 11.8 Å². The third kappa shape index (κ3) is 4.40. The molecule has 0 spiro atoms. The molecule has 2 aromatic heterocycles. The van der Waals surface area contributed by atoms with Crippen LogP contribution in [-0.4, -0.2) is 22.2 Å². The number of carbonyl (C=O) groups is 1. The van der Waals surface area contributed by atoms with E-state index in [1.165, 1.54) is 0 Å². The highest BCUT2D eigenvalue weighted by atomic mass is 32.1. The van der Waals surface area contributed by atoms with Gasteiger partial charge in [0.1, 0.15) is 0 Å². The Hall–Kier alpha value is -2.66. The Bertz CT molecular complexity index is 776. The van der Waals surface area contributed by atoms with Gasteiger partial charge in [-0.05, 0) is 41.6 Å². The van der Waals surface area contributed by atoms with Gasteiger partial charge in [0.05, 0.1) is 11.9 Å². The fraction of sp³-hybridized carbons (Fsp3) is 0.111. The number of carbonyl (C=O) groups excluding carboxylic acids is 1. The Morgan fingerprint density at radius 3 is 2.87 bits per heavy atom. The van der Waals surface area contributed by atoms with E-state index in [9.17, 15) is 4.79 Å². The molecule has 0 aliphatic heterocycles. The molecular weight excluding hydrogens is 306 g/mol. The molecule has 1 aromatic carbocycles. The van der Waals surface area contributed by atoms with Crippen LogP contribution in [0.4, 0.5) is 0 Å². The van der Waals surface area contributed by atoms with Crippen molar-refractivity contribution in [3.05, 3.63) is 76.8 Å². The van der Waals surface area contributed by atoms with E-state index in [2.05, 4.69) is 10.4 Å². The van der Waals surface area contributed by atoms with Crippen LogP contribution in [0.1, 0.15) is 10.4 Å². The number of benzene rings is 1. The maximum absolute atomic E-state index is 11.7. The Kier molecular flexibility index (Phi) is 5.01. The lowest BCUT2D eigenvalue weighted by atomic mass is 10.2. The molecule has 4 nitrogen and oxygen atoms in total. The van der Waals surface area contributed by atoms with Crippen molar-refractivity contribution >= 4 is 23.3 Å². The van der Waals surface area contributed by atoms with E-state index >= 15 is 0 Å². The molecule has 2 heterocycles. The van der Waals surface area contributed by atoms with Gasteiger partial charge in [-0.3, -0.25) is 4.79 Å². The third-order valence-electron chi connectivity index (χ3n) is 3.31. The zero-order valence-electron chi connectivity index (χ0n) is 12.6. The minimum absolute atomic E-state index is 0.0751. The zero-order chi connectivity index (χ0) is 15.9. The van der Waals surface area contributed by atoms with Gasteiger partial charge in [0, 0.05) is 23.7 Å². The van der Waals surface area contributed by atoms with E-state index in [1.54, 1.807) is 17.4 Å². The van der Waals surface area contributed by atoms with E-state index < -0.39 is 0 Å². The van der Waals surface area contributed by atoms with Crippen molar-refractivity contribution < 1.29 is 4.79 Å². The number of amides is 1. The summed E-state index contributed by atoms with van der Waals surface area (Å²) < 4.78 is 1.84. The van der Waals surface area contributed by atoms with Gasteiger partial charge < -0.3 is 5.32 Å². The minimum atomic E-state index is -0.0751. The van der Waals surface area contributed by atoms with Crippen molar-refractivity contribution in [3.63, 3.8) is 0 Å². The molecular formula is C18H17N3OS. The largest absolute Gasteiger partial charge is 0.352 e. The van der Waals surface area contributed by atoms with E-state index in [0.29, 0.717) is 6.54 Å². The SMILES string of the molecule is O=C(/C=C/c1cccs1)NCCc1cnn(-c2ccccc2)c1. The summed E-state index contributed by atoms with van der Waals surface area (Å²) in [5, 5.41) is 9.22. The molecule has 0 saturated carbocycles. The summed E-state index contributed by atoms with van der Waals surface area (Å²) in [5.41, 5.74) is 2.12. The number of hydrogen-bond donors (Lipinski definition) is 1. The molecule has 0 fully saturated rings. The predicted molar refractivity (Wildman–Crippen MR) is 93.6 cm³/mol. The number of nitrogens with one attached hydrogen (secondary N) is 1. The lowest BCUT2D eigenvalue weighted by molar-refractivity contribution is -0.116. The van der Waals surface area contributed by atoms with Crippen molar-refractivity contribution in [3.8, 4) is 5.69 Å². The van der Waals surface area contributed by atoms with Crippen molar-refractivity contribution in [1.29, 1.82) is 0 Å². The summed E-state index contributed by atoms with van der Waals surface area (Å²) in [5.74, 6) is -0.0751. The van der Waals surface area contributed by atoms with Crippen LogP contribution >= 0.6 is 11.3 Å². The second kappa shape index (κ2) is 7.56. The molecule has 5 heteroatoms. The molecule has 116 valence electrons. The van der Waals surface area contributed by atoms with Crippen molar-refractivity contribution in [1.82, 2.24) is 15.1 Å². The first kappa shape index (κ1) is 15.2. The van der Waals surface area contributed by atoms with Gasteiger partial charge in [-0.25, -0.2) is 4.68 Å². The lowest BCUT2D eigenvalue weighted by Gasteiger charge is -2.01. The molecule has 3 aromatic rings. The lowest BCUT2D eigenvalue weighted by Crippen LogP contribution is -2.23. The monoisotopic (exact) mass is 323 g/mol. The number of aromatic nitrogens is 2. The highest BCUT2D eigenvalue weighted by Crippen LogP contribution is 2.10. The van der Waals surface area contributed by atoms with E-state index in [0.717, 1.165) is 22.5 Å². The normalized spacial score (nSPS) is 11.0. The molecule has 23 heavy (non-hydrogen) atoms. The fourth-order valence-corrected chi connectivity index (χ4v) is 2.76. The Morgan fingerprint density at radius 2 is 2.09 bits per heavy atom. The molecule has 0 unspecified atom stereocenters. The summed E-state index contributed by atoms with van der Waals surface area (Å²) in [6, 6.07) is 13.9. The minimum Gasteiger partial charge on any atom is -0.352 e. The quantitative estimate of drug-likeness (QED) is 0.708. The smallest absolute Gasteiger partial charge is 0.244 e. The Balaban J connectivity index is 1.48. The van der Waals surface area contributed by atoms with Crippen LogP contribution in [0.15, 0.2) is 66.3 Å². The van der Waals surface area contributed by atoms with Crippen LogP contribution in [0.2, 0.25) is 0 Å². The number of thiophene rings is 1. The molecule has 0 radical (unpaired) electrons. The molecule has 1 amide bonds. The van der Waals surface area contributed by atoms with Crippen LogP contribution < -0.4 is 5.32 Å². The molecule has 0 saturated heterocycles. The summed E-state index contributed by atoms with van der Waals surface area (Å²) >= 11 is 1.61. The van der Waals surface area contributed by atoms with E-state index in [-0.39, 0.29) is 5.91 Å². The van der Waals surface area contributed by atoms with Gasteiger partial charge in [-0.1, -0.05) is 24.3 Å². The van der Waals surface area contributed by atoms with Crippen molar-refractivity contribution in [2.75, 3.05) is 6.54 Å².